The third-order valence-corrected chi connectivity index (χ3v) is 3.88. The summed E-state index contributed by atoms with van der Waals surface area (Å²) in [6, 6.07) is 9.31. The number of nitrogens with zero attached hydrogens (tertiary/aromatic N) is 1. The highest BCUT2D eigenvalue weighted by Crippen LogP contribution is 2.25. The highest BCUT2D eigenvalue weighted by Gasteiger charge is 2.09. The molecule has 24 heavy (non-hydrogen) atoms. The highest BCUT2D eigenvalue weighted by atomic mass is 16.5. The molecule has 0 aliphatic rings. The summed E-state index contributed by atoms with van der Waals surface area (Å²) in [4.78, 5) is 11.9. The van der Waals surface area contributed by atoms with Crippen LogP contribution in [0.2, 0.25) is 0 Å². The van der Waals surface area contributed by atoms with Gasteiger partial charge < -0.3 is 9.84 Å². The van der Waals surface area contributed by atoms with Crippen LogP contribution in [-0.4, -0.2) is 23.8 Å². The Bertz CT molecular complexity index is 782. The second-order valence-corrected chi connectivity index (χ2v) is 5.75. The number of hydrogen-bond donors (Lipinski definition) is 2. The second-order valence-electron chi connectivity index (χ2n) is 5.75. The Kier molecular flexibility index (Phi) is 5.58. The summed E-state index contributed by atoms with van der Waals surface area (Å²) in [7, 11) is 0. The van der Waals surface area contributed by atoms with Crippen LogP contribution in [0, 0.1) is 27.7 Å². The lowest BCUT2D eigenvalue weighted by molar-refractivity contribution is -0.123. The summed E-state index contributed by atoms with van der Waals surface area (Å²) < 4.78 is 5.62. The van der Waals surface area contributed by atoms with Gasteiger partial charge in [-0.3, -0.25) is 4.79 Å². The molecule has 5 nitrogen and oxygen atoms in total. The van der Waals surface area contributed by atoms with Crippen molar-refractivity contribution in [1.82, 2.24) is 5.43 Å². The van der Waals surface area contributed by atoms with E-state index in [9.17, 15) is 9.90 Å². The van der Waals surface area contributed by atoms with Gasteiger partial charge in [-0.25, -0.2) is 5.43 Å². The van der Waals surface area contributed by atoms with Crippen molar-refractivity contribution >= 4 is 12.1 Å². The zero-order valence-electron chi connectivity index (χ0n) is 14.4. The van der Waals surface area contributed by atoms with Gasteiger partial charge in [-0.1, -0.05) is 24.3 Å². The summed E-state index contributed by atoms with van der Waals surface area (Å²) in [6.07, 6.45) is 1.41. The Morgan fingerprint density at radius 1 is 1.12 bits per heavy atom. The van der Waals surface area contributed by atoms with E-state index in [1.165, 1.54) is 6.21 Å². The van der Waals surface area contributed by atoms with E-state index in [-0.39, 0.29) is 18.3 Å². The molecule has 0 aliphatic heterocycles. The van der Waals surface area contributed by atoms with Crippen molar-refractivity contribution in [1.29, 1.82) is 0 Å². The van der Waals surface area contributed by atoms with E-state index in [0.29, 0.717) is 5.56 Å². The first kappa shape index (κ1) is 17.5. The third-order valence-electron chi connectivity index (χ3n) is 3.88. The summed E-state index contributed by atoms with van der Waals surface area (Å²) in [6.45, 7) is 7.58. The number of carbonyl (C=O) groups excluding carboxylic acids is 1. The largest absolute Gasteiger partial charge is 0.507 e. The van der Waals surface area contributed by atoms with Gasteiger partial charge in [-0.05, 0) is 56.0 Å². The van der Waals surface area contributed by atoms with E-state index in [0.717, 1.165) is 28.0 Å². The summed E-state index contributed by atoms with van der Waals surface area (Å²) >= 11 is 0. The highest BCUT2D eigenvalue weighted by molar-refractivity contribution is 5.85. The molecule has 0 atom stereocenters. The molecular formula is C19H22N2O3. The van der Waals surface area contributed by atoms with Gasteiger partial charge in [-0.15, -0.1) is 0 Å². The van der Waals surface area contributed by atoms with Crippen molar-refractivity contribution in [3.05, 3.63) is 58.1 Å². The number of ether oxygens (including phenoxy) is 1. The van der Waals surface area contributed by atoms with Crippen molar-refractivity contribution in [2.24, 2.45) is 5.10 Å². The first-order valence-corrected chi connectivity index (χ1v) is 7.70. The van der Waals surface area contributed by atoms with Crippen molar-refractivity contribution in [3.63, 3.8) is 0 Å². The summed E-state index contributed by atoms with van der Waals surface area (Å²) in [5.74, 6) is 0.516. The van der Waals surface area contributed by atoms with Crippen molar-refractivity contribution in [2.75, 3.05) is 6.61 Å². The van der Waals surface area contributed by atoms with Crippen molar-refractivity contribution in [2.45, 2.75) is 27.7 Å². The molecule has 0 aromatic heterocycles. The molecule has 1 amide bonds. The molecule has 126 valence electrons. The predicted molar refractivity (Wildman–Crippen MR) is 94.7 cm³/mol. The number of amides is 1. The molecule has 2 N–H and O–H groups in total. The second kappa shape index (κ2) is 7.64. The Labute approximate surface area is 142 Å². The van der Waals surface area contributed by atoms with Crippen LogP contribution in [0.5, 0.6) is 11.5 Å². The quantitative estimate of drug-likeness (QED) is 0.655. The molecule has 0 aliphatic carbocycles. The standard InChI is InChI=1S/C19H22N2O3/c1-12-8-9-14(3)19(15(12)4)24-11-17(22)21-20-10-16-7-5-6-13(2)18(16)23/h5-10,23H,11H2,1-4H3,(H,21,22)/b20-10-. The van der Waals surface area contributed by atoms with Gasteiger partial charge in [0.25, 0.3) is 5.91 Å². The lowest BCUT2D eigenvalue weighted by Crippen LogP contribution is -2.25. The number of hydrazone groups is 1. The molecule has 5 heteroatoms. The minimum Gasteiger partial charge on any atom is -0.507 e. The molecule has 2 aromatic carbocycles. The molecule has 0 unspecified atom stereocenters. The van der Waals surface area contributed by atoms with Crippen LogP contribution in [0.4, 0.5) is 0 Å². The van der Waals surface area contributed by atoms with Gasteiger partial charge in [0.05, 0.1) is 6.21 Å². The third kappa shape index (κ3) is 4.13. The lowest BCUT2D eigenvalue weighted by atomic mass is 10.1. The minimum atomic E-state index is -0.362. The zero-order valence-corrected chi connectivity index (χ0v) is 14.4. The Balaban J connectivity index is 1.94. The average molecular weight is 326 g/mol. The number of phenols is 1. The van der Waals surface area contributed by atoms with Crippen LogP contribution in [0.1, 0.15) is 27.8 Å². The maximum absolute atomic E-state index is 11.9. The molecule has 0 saturated carbocycles. The number of carbonyl (C=O) groups is 1. The number of rotatable bonds is 5. The summed E-state index contributed by atoms with van der Waals surface area (Å²) in [5.41, 5.74) is 6.81. The number of nitrogens with one attached hydrogen (secondary N) is 1. The van der Waals surface area contributed by atoms with Crippen molar-refractivity contribution < 1.29 is 14.6 Å². The van der Waals surface area contributed by atoms with Gasteiger partial charge in [-0.2, -0.15) is 5.10 Å². The van der Waals surface area contributed by atoms with E-state index in [4.69, 9.17) is 4.74 Å². The number of benzene rings is 2. The van der Waals surface area contributed by atoms with E-state index >= 15 is 0 Å². The maximum atomic E-state index is 11.9. The van der Waals surface area contributed by atoms with Crippen molar-refractivity contribution in [3.8, 4) is 11.5 Å². The minimum absolute atomic E-state index is 0.123. The maximum Gasteiger partial charge on any atom is 0.277 e. The van der Waals surface area contributed by atoms with Crippen LogP contribution in [-0.2, 0) is 4.79 Å². The van der Waals surface area contributed by atoms with Gasteiger partial charge in [0, 0.05) is 5.56 Å². The number of aryl methyl sites for hydroxylation is 3. The molecule has 0 bridgehead atoms. The lowest BCUT2D eigenvalue weighted by Gasteiger charge is -2.13. The summed E-state index contributed by atoms with van der Waals surface area (Å²) in [5, 5.41) is 13.7. The van der Waals surface area contributed by atoms with Gasteiger partial charge in [0.2, 0.25) is 0 Å². The van der Waals surface area contributed by atoms with Crippen LogP contribution in [0.25, 0.3) is 0 Å². The van der Waals surface area contributed by atoms with Crippen LogP contribution in [0.15, 0.2) is 35.4 Å². The molecular weight excluding hydrogens is 304 g/mol. The SMILES string of the molecule is Cc1ccc(C)c(OCC(=O)N/N=C\c2cccc(C)c2O)c1C. The number of aromatic hydroxyl groups is 1. The Hall–Kier alpha value is -2.82. The molecule has 0 saturated heterocycles. The van der Waals surface area contributed by atoms with E-state index in [1.807, 2.05) is 39.0 Å². The normalized spacial score (nSPS) is 10.8. The number of hydrogen-bond acceptors (Lipinski definition) is 4. The number of phenolic OH excluding ortho intramolecular Hbond substituents is 1. The zero-order chi connectivity index (χ0) is 17.7. The molecule has 0 spiro atoms. The average Bonchev–Trinajstić information content (AvgIpc) is 2.55. The molecule has 0 radical (unpaired) electrons. The van der Waals surface area contributed by atoms with Gasteiger partial charge in [0.15, 0.2) is 6.61 Å². The Morgan fingerprint density at radius 3 is 2.58 bits per heavy atom. The first-order chi connectivity index (χ1) is 11.4. The number of para-hydroxylation sites is 1. The first-order valence-electron chi connectivity index (χ1n) is 7.70. The molecule has 0 fully saturated rings. The monoisotopic (exact) mass is 326 g/mol. The Morgan fingerprint density at radius 2 is 1.83 bits per heavy atom. The molecule has 2 rings (SSSR count). The van der Waals surface area contributed by atoms with Gasteiger partial charge >= 0.3 is 0 Å². The van der Waals surface area contributed by atoms with Crippen LogP contribution >= 0.6 is 0 Å². The fourth-order valence-electron chi connectivity index (χ4n) is 2.28. The van der Waals surface area contributed by atoms with E-state index in [1.54, 1.807) is 19.1 Å². The predicted octanol–water partition coefficient (Wildman–Crippen LogP) is 3.15. The van der Waals surface area contributed by atoms with Crippen LogP contribution in [0.3, 0.4) is 0 Å². The fourth-order valence-corrected chi connectivity index (χ4v) is 2.28. The topological polar surface area (TPSA) is 70.9 Å². The fraction of sp³-hybridized carbons (Fsp3) is 0.263. The van der Waals surface area contributed by atoms with E-state index in [2.05, 4.69) is 10.5 Å². The molecule has 2 aromatic rings. The smallest absolute Gasteiger partial charge is 0.277 e. The molecule has 0 heterocycles. The van der Waals surface area contributed by atoms with Crippen LogP contribution < -0.4 is 10.2 Å². The van der Waals surface area contributed by atoms with E-state index < -0.39 is 0 Å². The van der Waals surface area contributed by atoms with Gasteiger partial charge in [0.1, 0.15) is 11.5 Å².